The molecule has 1 fully saturated rings. The van der Waals surface area contributed by atoms with Crippen LogP contribution in [0.25, 0.3) is 10.8 Å². The van der Waals surface area contributed by atoms with Gasteiger partial charge in [-0.25, -0.2) is 8.42 Å². The number of carbonyl (C=O) groups excluding carboxylic acids is 1. The largest absolute Gasteiger partial charge is 0.329 e. The van der Waals surface area contributed by atoms with Crippen molar-refractivity contribution in [2.24, 2.45) is 0 Å². The average molecular weight is 509 g/mol. The zero-order valence-corrected chi connectivity index (χ0v) is 20.4. The molecule has 35 heavy (non-hydrogen) atoms. The number of tetrazole rings is 1. The molecule has 1 aromatic heterocycles. The summed E-state index contributed by atoms with van der Waals surface area (Å²) in [7, 11) is -3.94. The second-order valence-corrected chi connectivity index (χ2v) is 11.1. The van der Waals surface area contributed by atoms with E-state index in [4.69, 9.17) is 0 Å². The predicted octanol–water partition coefficient (Wildman–Crippen LogP) is 2.64. The molecule has 1 N–H and O–H groups in total. The van der Waals surface area contributed by atoms with Gasteiger partial charge >= 0.3 is 0 Å². The normalized spacial score (nSPS) is 18.7. The van der Waals surface area contributed by atoms with Gasteiger partial charge in [0.05, 0.1) is 11.4 Å². The third kappa shape index (κ3) is 4.93. The van der Waals surface area contributed by atoms with E-state index in [0.717, 1.165) is 16.3 Å². The molecule has 9 nitrogen and oxygen atoms in total. The fourth-order valence-corrected chi connectivity index (χ4v) is 6.54. The van der Waals surface area contributed by atoms with Crippen LogP contribution in [0.15, 0.2) is 77.7 Å². The monoisotopic (exact) mass is 508 g/mol. The summed E-state index contributed by atoms with van der Waals surface area (Å²) in [5.74, 6) is 0.0261. The summed E-state index contributed by atoms with van der Waals surface area (Å²) in [4.78, 5) is 15.5. The van der Waals surface area contributed by atoms with Crippen LogP contribution in [0.1, 0.15) is 17.8 Å². The van der Waals surface area contributed by atoms with Gasteiger partial charge in [0.2, 0.25) is 15.9 Å². The second-order valence-electron chi connectivity index (χ2n) is 8.50. The van der Waals surface area contributed by atoms with Crippen LogP contribution in [-0.4, -0.2) is 62.0 Å². The molecule has 2 atom stereocenters. The molecule has 1 aliphatic rings. The summed E-state index contributed by atoms with van der Waals surface area (Å²) >= 11 is 4.55. The molecule has 4 aromatic rings. The lowest BCUT2D eigenvalue weighted by atomic mass is 10.1. The summed E-state index contributed by atoms with van der Waals surface area (Å²) in [5, 5.41) is 15.4. The van der Waals surface area contributed by atoms with Crippen LogP contribution in [-0.2, 0) is 27.9 Å². The summed E-state index contributed by atoms with van der Waals surface area (Å²) in [6, 6.07) is 21.2. The number of hydrogen-bond donors (Lipinski definition) is 2. The number of carbonyl (C=O) groups is 1. The highest BCUT2D eigenvalue weighted by molar-refractivity contribution is 7.89. The van der Waals surface area contributed by atoms with Crippen molar-refractivity contribution in [1.82, 2.24) is 29.8 Å². The third-order valence-corrected chi connectivity index (χ3v) is 8.34. The van der Waals surface area contributed by atoms with Crippen LogP contribution in [0, 0.1) is 0 Å². The predicted molar refractivity (Wildman–Crippen MR) is 134 cm³/mol. The Morgan fingerprint density at radius 3 is 2.51 bits per heavy atom. The number of benzene rings is 3. The number of thiol groups is 1. The topological polar surface area (TPSA) is 112 Å². The zero-order chi connectivity index (χ0) is 24.4. The van der Waals surface area contributed by atoms with E-state index in [1.807, 2.05) is 54.6 Å². The molecule has 3 aromatic carbocycles. The molecule has 11 heteroatoms. The van der Waals surface area contributed by atoms with E-state index in [9.17, 15) is 13.2 Å². The quantitative estimate of drug-likeness (QED) is 0.371. The van der Waals surface area contributed by atoms with E-state index in [-0.39, 0.29) is 35.7 Å². The Morgan fingerprint density at radius 2 is 1.77 bits per heavy atom. The molecular weight excluding hydrogens is 484 g/mol. The second kappa shape index (κ2) is 9.76. The van der Waals surface area contributed by atoms with E-state index in [2.05, 4.69) is 33.3 Å². The number of aromatic amines is 1. The van der Waals surface area contributed by atoms with Crippen LogP contribution in [0.4, 0.5) is 0 Å². The summed E-state index contributed by atoms with van der Waals surface area (Å²) < 4.78 is 28.7. The summed E-state index contributed by atoms with van der Waals surface area (Å²) in [5.41, 5.74) is 0.911. The van der Waals surface area contributed by atoms with E-state index in [0.29, 0.717) is 12.2 Å². The van der Waals surface area contributed by atoms with Gasteiger partial charge in [-0.15, -0.1) is 10.2 Å². The number of hydrogen-bond acceptors (Lipinski definition) is 7. The molecule has 180 valence electrons. The summed E-state index contributed by atoms with van der Waals surface area (Å²) in [6.07, 6.45) is 0.312. The van der Waals surface area contributed by atoms with E-state index in [1.165, 1.54) is 4.31 Å². The molecule has 1 saturated heterocycles. The van der Waals surface area contributed by atoms with Gasteiger partial charge in [-0.1, -0.05) is 65.9 Å². The van der Waals surface area contributed by atoms with Crippen molar-refractivity contribution in [3.8, 4) is 0 Å². The van der Waals surface area contributed by atoms with Gasteiger partial charge in [0.25, 0.3) is 0 Å². The first-order chi connectivity index (χ1) is 16.9. The van der Waals surface area contributed by atoms with Crippen molar-refractivity contribution < 1.29 is 13.2 Å². The smallest absolute Gasteiger partial charge is 0.243 e. The molecule has 0 radical (unpaired) electrons. The first-order valence-electron chi connectivity index (χ1n) is 11.2. The number of nitrogens with zero attached hydrogens (tertiary/aromatic N) is 5. The van der Waals surface area contributed by atoms with Crippen molar-refractivity contribution in [2.75, 3.05) is 6.54 Å². The van der Waals surface area contributed by atoms with E-state index < -0.39 is 16.1 Å². The van der Waals surface area contributed by atoms with Crippen molar-refractivity contribution in [3.63, 3.8) is 0 Å². The third-order valence-electron chi connectivity index (χ3n) is 6.10. The number of nitrogens with one attached hydrogen (secondary N) is 1. The van der Waals surface area contributed by atoms with Gasteiger partial charge in [-0.2, -0.15) is 22.1 Å². The highest BCUT2D eigenvalue weighted by Crippen LogP contribution is 2.31. The Bertz CT molecular complexity index is 1430. The number of rotatable bonds is 7. The lowest BCUT2D eigenvalue weighted by Crippen LogP contribution is -2.47. The molecule has 0 bridgehead atoms. The molecular formula is C24H24N6O3S2. The highest BCUT2D eigenvalue weighted by Gasteiger charge is 2.44. The van der Waals surface area contributed by atoms with Crippen LogP contribution < -0.4 is 0 Å². The lowest BCUT2D eigenvalue weighted by molar-refractivity contribution is -0.136. The zero-order valence-electron chi connectivity index (χ0n) is 18.7. The van der Waals surface area contributed by atoms with Crippen LogP contribution >= 0.6 is 12.6 Å². The summed E-state index contributed by atoms with van der Waals surface area (Å²) in [6.45, 7) is 0.531. The van der Waals surface area contributed by atoms with Crippen molar-refractivity contribution in [1.29, 1.82) is 0 Å². The van der Waals surface area contributed by atoms with Crippen molar-refractivity contribution in [3.05, 3.63) is 84.2 Å². The van der Waals surface area contributed by atoms with E-state index >= 15 is 0 Å². The lowest BCUT2D eigenvalue weighted by Gasteiger charge is -2.29. The Labute approximate surface area is 208 Å². The van der Waals surface area contributed by atoms with E-state index in [1.54, 1.807) is 23.1 Å². The number of H-pyrrole nitrogens is 1. The molecule has 0 unspecified atom stereocenters. The number of aromatic nitrogens is 4. The molecule has 0 aliphatic carbocycles. The number of sulfonamides is 1. The van der Waals surface area contributed by atoms with Crippen molar-refractivity contribution >= 4 is 39.3 Å². The molecule has 0 spiro atoms. The molecule has 0 saturated carbocycles. The van der Waals surface area contributed by atoms with Crippen LogP contribution in [0.5, 0.6) is 0 Å². The molecule has 1 aliphatic heterocycles. The van der Waals surface area contributed by atoms with Gasteiger partial charge in [0.1, 0.15) is 6.04 Å². The Kier molecular flexibility index (Phi) is 6.54. The molecule has 5 rings (SSSR count). The Hall–Kier alpha value is -3.28. The van der Waals surface area contributed by atoms with Crippen LogP contribution in [0.2, 0.25) is 0 Å². The maximum Gasteiger partial charge on any atom is 0.243 e. The minimum absolute atomic E-state index is 0.0990. The number of amides is 1. The van der Waals surface area contributed by atoms with Crippen molar-refractivity contribution in [2.45, 2.75) is 35.7 Å². The van der Waals surface area contributed by atoms with Gasteiger partial charge in [-0.05, 0) is 34.9 Å². The minimum Gasteiger partial charge on any atom is -0.329 e. The highest BCUT2D eigenvalue weighted by atomic mass is 32.2. The Morgan fingerprint density at radius 1 is 1.03 bits per heavy atom. The Balaban J connectivity index is 1.47. The van der Waals surface area contributed by atoms with Gasteiger partial charge in [0, 0.05) is 18.3 Å². The van der Waals surface area contributed by atoms with Gasteiger partial charge < -0.3 is 4.90 Å². The minimum atomic E-state index is -3.94. The molecule has 2 heterocycles. The number of fused-ring (bicyclic) bond motifs is 1. The average Bonchev–Trinajstić information content (AvgIpc) is 3.53. The standard InChI is InChI=1S/C24H24N6O3S2/c31-24(29(16-23-25-27-28-26-23)14-17-6-2-1-3-7-17)22-13-20(34)15-30(22)35(32,33)21-11-10-18-8-4-5-9-19(18)12-21/h1-12,20,22,34H,13-16H2,(H,25,26,27,28)/t20-,22+/m1/s1. The maximum atomic E-state index is 13.8. The van der Waals surface area contributed by atoms with Gasteiger partial charge in [-0.3, -0.25) is 4.79 Å². The maximum absolute atomic E-state index is 13.8. The fraction of sp³-hybridized carbons (Fsp3) is 0.250. The van der Waals surface area contributed by atoms with Crippen LogP contribution in [0.3, 0.4) is 0 Å². The first-order valence-corrected chi connectivity index (χ1v) is 13.1. The van der Waals surface area contributed by atoms with Gasteiger partial charge in [0.15, 0.2) is 5.82 Å². The fourth-order valence-electron chi connectivity index (χ4n) is 4.38. The molecule has 1 amide bonds. The SMILES string of the molecule is O=C([C@@H]1C[C@@H](S)CN1S(=O)(=O)c1ccc2ccccc2c1)N(Cc1ccccc1)Cc1nn[nH]n1. The first kappa shape index (κ1) is 23.5.